The molecule has 9 heteroatoms. The molecule has 0 spiro atoms. The lowest BCUT2D eigenvalue weighted by Gasteiger charge is -2.09. The second-order valence-corrected chi connectivity index (χ2v) is 7.83. The highest BCUT2D eigenvalue weighted by Crippen LogP contribution is 2.21. The number of halogens is 3. The Hall–Kier alpha value is -3.16. The normalized spacial score (nSPS) is 11.1. The van der Waals surface area contributed by atoms with E-state index in [1.165, 1.54) is 28.9 Å². The highest BCUT2D eigenvalue weighted by atomic mass is 35.5. The van der Waals surface area contributed by atoms with E-state index >= 15 is 0 Å². The van der Waals surface area contributed by atoms with Gasteiger partial charge in [-0.15, -0.1) is 0 Å². The van der Waals surface area contributed by atoms with Crippen LogP contribution in [0.25, 0.3) is 5.65 Å². The molecule has 0 aliphatic heterocycles. The van der Waals surface area contributed by atoms with Crippen LogP contribution < -0.4 is 10.9 Å². The Kier molecular flexibility index (Phi) is 5.80. The van der Waals surface area contributed by atoms with Crippen LogP contribution in [0.4, 0.5) is 4.39 Å². The number of fused-ring (bicyclic) bond motifs is 1. The largest absolute Gasteiger partial charge is 0.348 e. The van der Waals surface area contributed by atoms with Gasteiger partial charge in [-0.3, -0.25) is 14.7 Å². The number of hydrogen-bond acceptors (Lipinski definition) is 3. The van der Waals surface area contributed by atoms with Crippen LogP contribution in [0.3, 0.4) is 0 Å². The summed E-state index contributed by atoms with van der Waals surface area (Å²) in [5.41, 5.74) is 2.34. The third-order valence-electron chi connectivity index (χ3n) is 4.99. The topological polar surface area (TPSA) is 79.3 Å². The molecular formula is C22H17Cl2FN4O2. The van der Waals surface area contributed by atoms with Crippen molar-refractivity contribution in [1.82, 2.24) is 19.9 Å². The van der Waals surface area contributed by atoms with Crippen molar-refractivity contribution in [2.24, 2.45) is 0 Å². The molecule has 2 aromatic carbocycles. The van der Waals surface area contributed by atoms with Crippen LogP contribution in [-0.2, 0) is 13.0 Å². The molecule has 0 saturated heterocycles. The highest BCUT2D eigenvalue weighted by Gasteiger charge is 2.19. The van der Waals surface area contributed by atoms with Gasteiger partial charge in [0.05, 0.1) is 0 Å². The van der Waals surface area contributed by atoms with Crippen LogP contribution in [0.15, 0.2) is 53.5 Å². The maximum absolute atomic E-state index is 13.3. The smallest absolute Gasteiger partial charge is 0.276 e. The SMILES string of the molecule is Cc1nc2c(C(=O)NCc3ccccc3Cl)c[nH]n2c(=O)c1Cc1ccc(F)cc1Cl. The van der Waals surface area contributed by atoms with Gasteiger partial charge < -0.3 is 5.32 Å². The standard InChI is InChI=1S/C22H17Cl2FN4O2/c1-12-16(8-13-6-7-15(25)9-19(13)24)22(31)29-20(28-12)17(11-27-29)21(30)26-10-14-4-2-3-5-18(14)23/h2-7,9,11,27H,8,10H2,1H3,(H,26,30). The third-order valence-corrected chi connectivity index (χ3v) is 5.71. The summed E-state index contributed by atoms with van der Waals surface area (Å²) >= 11 is 12.2. The number of H-pyrrole nitrogens is 1. The molecule has 2 aromatic heterocycles. The Morgan fingerprint density at radius 2 is 1.94 bits per heavy atom. The van der Waals surface area contributed by atoms with E-state index in [1.54, 1.807) is 13.0 Å². The first kappa shape index (κ1) is 21.1. The Morgan fingerprint density at radius 1 is 1.16 bits per heavy atom. The van der Waals surface area contributed by atoms with Gasteiger partial charge in [-0.05, 0) is 36.2 Å². The van der Waals surface area contributed by atoms with Crippen molar-refractivity contribution in [2.75, 3.05) is 0 Å². The predicted octanol–water partition coefficient (Wildman–Crippen LogP) is 4.30. The van der Waals surface area contributed by atoms with Crippen molar-refractivity contribution in [3.8, 4) is 0 Å². The summed E-state index contributed by atoms with van der Waals surface area (Å²) < 4.78 is 14.5. The van der Waals surface area contributed by atoms with E-state index in [2.05, 4.69) is 15.4 Å². The molecule has 0 bridgehead atoms. The molecule has 4 aromatic rings. The molecule has 0 unspecified atom stereocenters. The van der Waals surface area contributed by atoms with Crippen molar-refractivity contribution in [2.45, 2.75) is 19.9 Å². The highest BCUT2D eigenvalue weighted by molar-refractivity contribution is 6.31. The van der Waals surface area contributed by atoms with E-state index in [0.29, 0.717) is 21.8 Å². The fraction of sp³-hybridized carbons (Fsp3) is 0.136. The zero-order valence-electron chi connectivity index (χ0n) is 16.4. The number of hydrogen-bond donors (Lipinski definition) is 2. The van der Waals surface area contributed by atoms with Crippen molar-refractivity contribution in [1.29, 1.82) is 0 Å². The Bertz CT molecular complexity index is 1360. The quantitative estimate of drug-likeness (QED) is 0.467. The molecule has 158 valence electrons. The van der Waals surface area contributed by atoms with Crippen molar-refractivity contribution < 1.29 is 9.18 Å². The maximum Gasteiger partial charge on any atom is 0.276 e. The summed E-state index contributed by atoms with van der Waals surface area (Å²) in [7, 11) is 0. The molecule has 6 nitrogen and oxygen atoms in total. The number of nitrogens with zero attached hydrogens (tertiary/aromatic N) is 2. The number of carbonyl (C=O) groups is 1. The van der Waals surface area contributed by atoms with Crippen molar-refractivity contribution in [3.05, 3.63) is 103 Å². The van der Waals surface area contributed by atoms with Gasteiger partial charge in [0.2, 0.25) is 0 Å². The van der Waals surface area contributed by atoms with Crippen LogP contribution in [0.2, 0.25) is 10.0 Å². The number of rotatable bonds is 5. The first-order valence-electron chi connectivity index (χ1n) is 9.40. The van der Waals surface area contributed by atoms with E-state index < -0.39 is 5.82 Å². The molecule has 0 fully saturated rings. The second kappa shape index (κ2) is 8.53. The summed E-state index contributed by atoms with van der Waals surface area (Å²) in [6, 6.07) is 11.2. The van der Waals surface area contributed by atoms with Crippen LogP contribution in [0.1, 0.15) is 32.7 Å². The van der Waals surface area contributed by atoms with Crippen LogP contribution in [0, 0.1) is 12.7 Å². The van der Waals surface area contributed by atoms with Crippen molar-refractivity contribution >= 4 is 34.8 Å². The molecule has 1 amide bonds. The Labute approximate surface area is 186 Å². The summed E-state index contributed by atoms with van der Waals surface area (Å²) in [4.78, 5) is 30.2. The summed E-state index contributed by atoms with van der Waals surface area (Å²) in [5.74, 6) is -0.841. The molecular weight excluding hydrogens is 442 g/mol. The number of aromatic amines is 1. The van der Waals surface area contributed by atoms with Crippen LogP contribution in [-0.4, -0.2) is 20.5 Å². The maximum atomic E-state index is 13.3. The lowest BCUT2D eigenvalue weighted by molar-refractivity contribution is 0.0952. The molecule has 0 radical (unpaired) electrons. The van der Waals surface area contributed by atoms with Gasteiger partial charge in [-0.2, -0.15) is 0 Å². The summed E-state index contributed by atoms with van der Waals surface area (Å²) in [6.45, 7) is 1.92. The number of aromatic nitrogens is 3. The Morgan fingerprint density at radius 3 is 2.68 bits per heavy atom. The summed E-state index contributed by atoms with van der Waals surface area (Å²) in [6.07, 6.45) is 1.62. The molecule has 0 atom stereocenters. The lowest BCUT2D eigenvalue weighted by Crippen LogP contribution is -2.25. The van der Waals surface area contributed by atoms with Gasteiger partial charge in [0.15, 0.2) is 5.65 Å². The Balaban J connectivity index is 1.64. The average molecular weight is 459 g/mol. The number of amides is 1. The average Bonchev–Trinajstić information content (AvgIpc) is 3.15. The molecule has 0 aliphatic carbocycles. The minimum Gasteiger partial charge on any atom is -0.348 e. The molecule has 0 saturated carbocycles. The van der Waals surface area contributed by atoms with E-state index in [1.807, 2.05) is 18.2 Å². The number of carbonyl (C=O) groups excluding carboxylic acids is 1. The van der Waals surface area contributed by atoms with Crippen LogP contribution >= 0.6 is 23.2 Å². The first-order valence-corrected chi connectivity index (χ1v) is 10.2. The second-order valence-electron chi connectivity index (χ2n) is 7.01. The first-order chi connectivity index (χ1) is 14.8. The van der Waals surface area contributed by atoms with Gasteiger partial charge in [0.1, 0.15) is 11.4 Å². The molecule has 2 N–H and O–H groups in total. The van der Waals surface area contributed by atoms with E-state index in [9.17, 15) is 14.0 Å². The predicted molar refractivity (Wildman–Crippen MR) is 117 cm³/mol. The van der Waals surface area contributed by atoms with Gasteiger partial charge in [0.25, 0.3) is 11.5 Å². The number of nitrogens with one attached hydrogen (secondary N) is 2. The minimum absolute atomic E-state index is 0.187. The van der Waals surface area contributed by atoms with Crippen molar-refractivity contribution in [3.63, 3.8) is 0 Å². The number of aryl methyl sites for hydroxylation is 1. The molecule has 4 rings (SSSR count). The third kappa shape index (κ3) is 4.19. The monoisotopic (exact) mass is 458 g/mol. The van der Waals surface area contributed by atoms with E-state index in [4.69, 9.17) is 23.2 Å². The fourth-order valence-corrected chi connectivity index (χ4v) is 3.73. The molecule has 31 heavy (non-hydrogen) atoms. The van der Waals surface area contributed by atoms with Gasteiger partial charge in [-0.25, -0.2) is 13.9 Å². The van der Waals surface area contributed by atoms with E-state index in [0.717, 1.165) is 5.56 Å². The van der Waals surface area contributed by atoms with E-state index in [-0.39, 0.29) is 40.7 Å². The minimum atomic E-state index is -0.451. The zero-order valence-corrected chi connectivity index (χ0v) is 17.9. The fourth-order valence-electron chi connectivity index (χ4n) is 3.29. The zero-order chi connectivity index (χ0) is 22.1. The summed E-state index contributed by atoms with van der Waals surface area (Å²) in [5, 5.41) is 6.36. The molecule has 0 aliphatic rings. The molecule has 2 heterocycles. The van der Waals surface area contributed by atoms with Crippen LogP contribution in [0.5, 0.6) is 0 Å². The van der Waals surface area contributed by atoms with Gasteiger partial charge in [0, 0.05) is 40.5 Å². The van der Waals surface area contributed by atoms with Gasteiger partial charge in [-0.1, -0.05) is 47.5 Å². The lowest BCUT2D eigenvalue weighted by atomic mass is 10.0. The van der Waals surface area contributed by atoms with Gasteiger partial charge >= 0.3 is 0 Å². The number of benzene rings is 2.